The Morgan fingerprint density at radius 1 is 1.44 bits per heavy atom. The lowest BCUT2D eigenvalue weighted by Gasteiger charge is -2.33. The maximum Gasteiger partial charge on any atom is 0.146 e. The van der Waals surface area contributed by atoms with Gasteiger partial charge in [-0.25, -0.2) is 0 Å². The maximum absolute atomic E-state index is 5.84. The summed E-state index contributed by atoms with van der Waals surface area (Å²) in [5.41, 5.74) is 1.09. The van der Waals surface area contributed by atoms with Crippen LogP contribution in [-0.2, 0) is 4.74 Å². The zero-order valence-electron chi connectivity index (χ0n) is 9.90. The smallest absolute Gasteiger partial charge is 0.146 e. The number of anilines is 1. The summed E-state index contributed by atoms with van der Waals surface area (Å²) in [7, 11) is 5.39. The molecular formula is C12H17NO3. The van der Waals surface area contributed by atoms with Crippen LogP contribution in [0.5, 0.6) is 11.5 Å². The van der Waals surface area contributed by atoms with Gasteiger partial charge in [-0.05, 0) is 12.1 Å². The highest BCUT2D eigenvalue weighted by molar-refractivity contribution is 5.62. The average molecular weight is 223 g/mol. The fraction of sp³-hybridized carbons (Fsp3) is 0.500. The summed E-state index contributed by atoms with van der Waals surface area (Å²) in [6, 6.07) is 5.86. The van der Waals surface area contributed by atoms with Gasteiger partial charge in [-0.15, -0.1) is 0 Å². The van der Waals surface area contributed by atoms with E-state index >= 15 is 0 Å². The number of methoxy groups -OCH3 is 2. The van der Waals surface area contributed by atoms with Crippen molar-refractivity contribution in [1.29, 1.82) is 0 Å². The molecule has 0 radical (unpaired) electrons. The molecule has 0 fully saturated rings. The average Bonchev–Trinajstić information content (AvgIpc) is 2.28. The standard InChI is InChI=1S/C12H17NO3/c1-13-7-10(8-14-2)16-12-6-9(15-3)4-5-11(12)13/h4-6,10H,7-8H2,1-3H3/t10-/m0/s1. The zero-order valence-corrected chi connectivity index (χ0v) is 9.90. The zero-order chi connectivity index (χ0) is 11.5. The topological polar surface area (TPSA) is 30.9 Å². The second-order valence-electron chi connectivity index (χ2n) is 3.91. The first-order valence-corrected chi connectivity index (χ1v) is 5.29. The van der Waals surface area contributed by atoms with Crippen molar-refractivity contribution in [1.82, 2.24) is 0 Å². The lowest BCUT2D eigenvalue weighted by atomic mass is 10.2. The third-order valence-electron chi connectivity index (χ3n) is 2.70. The molecule has 1 heterocycles. The van der Waals surface area contributed by atoms with Gasteiger partial charge in [-0.2, -0.15) is 0 Å². The lowest BCUT2D eigenvalue weighted by molar-refractivity contribution is 0.0799. The van der Waals surface area contributed by atoms with Gasteiger partial charge < -0.3 is 19.1 Å². The Morgan fingerprint density at radius 3 is 2.94 bits per heavy atom. The molecule has 0 unspecified atom stereocenters. The molecule has 2 rings (SSSR count). The van der Waals surface area contributed by atoms with Crippen LogP contribution in [0.1, 0.15) is 0 Å². The molecule has 0 amide bonds. The van der Waals surface area contributed by atoms with E-state index in [1.165, 1.54) is 0 Å². The Morgan fingerprint density at radius 2 is 2.25 bits per heavy atom. The summed E-state index contributed by atoms with van der Waals surface area (Å²) < 4.78 is 16.1. The highest BCUT2D eigenvalue weighted by atomic mass is 16.5. The number of fused-ring (bicyclic) bond motifs is 1. The fourth-order valence-electron chi connectivity index (χ4n) is 1.92. The minimum Gasteiger partial charge on any atom is -0.497 e. The molecule has 0 aromatic heterocycles. The molecule has 4 nitrogen and oxygen atoms in total. The summed E-state index contributed by atoms with van der Waals surface area (Å²) in [4.78, 5) is 2.17. The molecule has 1 atom stereocenters. The van der Waals surface area contributed by atoms with E-state index in [-0.39, 0.29) is 6.10 Å². The van der Waals surface area contributed by atoms with Crippen LogP contribution in [0.3, 0.4) is 0 Å². The van der Waals surface area contributed by atoms with Crippen molar-refractivity contribution in [2.45, 2.75) is 6.10 Å². The fourth-order valence-corrected chi connectivity index (χ4v) is 1.92. The Bertz CT molecular complexity index is 367. The number of rotatable bonds is 3. The van der Waals surface area contributed by atoms with Crippen molar-refractivity contribution in [2.75, 3.05) is 39.3 Å². The lowest BCUT2D eigenvalue weighted by Crippen LogP contribution is -2.40. The van der Waals surface area contributed by atoms with Crippen LogP contribution < -0.4 is 14.4 Å². The second kappa shape index (κ2) is 4.61. The van der Waals surface area contributed by atoms with E-state index in [2.05, 4.69) is 11.9 Å². The largest absolute Gasteiger partial charge is 0.497 e. The molecule has 0 saturated carbocycles. The first-order valence-electron chi connectivity index (χ1n) is 5.29. The normalized spacial score (nSPS) is 18.9. The van der Waals surface area contributed by atoms with Gasteiger partial charge >= 0.3 is 0 Å². The Balaban J connectivity index is 2.24. The van der Waals surface area contributed by atoms with E-state index in [0.29, 0.717) is 6.61 Å². The third-order valence-corrected chi connectivity index (χ3v) is 2.70. The Hall–Kier alpha value is -1.42. The highest BCUT2D eigenvalue weighted by Crippen LogP contribution is 2.35. The molecule has 0 N–H and O–H groups in total. The van der Waals surface area contributed by atoms with E-state index in [1.807, 2.05) is 18.2 Å². The van der Waals surface area contributed by atoms with Crippen molar-refractivity contribution in [3.8, 4) is 11.5 Å². The van der Waals surface area contributed by atoms with Crippen molar-refractivity contribution in [3.05, 3.63) is 18.2 Å². The van der Waals surface area contributed by atoms with Crippen LogP contribution in [-0.4, -0.2) is 40.5 Å². The molecule has 88 valence electrons. The summed E-state index contributed by atoms with van der Waals surface area (Å²) in [5, 5.41) is 0. The number of hydrogen-bond acceptors (Lipinski definition) is 4. The monoisotopic (exact) mass is 223 g/mol. The van der Waals surface area contributed by atoms with Crippen molar-refractivity contribution >= 4 is 5.69 Å². The molecule has 0 bridgehead atoms. The number of hydrogen-bond donors (Lipinski definition) is 0. The van der Waals surface area contributed by atoms with Crippen LogP contribution in [0.4, 0.5) is 5.69 Å². The Kier molecular flexibility index (Phi) is 3.19. The van der Waals surface area contributed by atoms with Crippen LogP contribution in [0, 0.1) is 0 Å². The van der Waals surface area contributed by atoms with Gasteiger partial charge in [0.2, 0.25) is 0 Å². The summed E-state index contributed by atoms with van der Waals surface area (Å²) in [5.74, 6) is 1.67. The molecule has 1 aliphatic heterocycles. The van der Waals surface area contributed by atoms with Crippen LogP contribution in [0.15, 0.2) is 18.2 Å². The number of benzene rings is 1. The maximum atomic E-state index is 5.84. The minimum atomic E-state index is 0.0783. The molecule has 0 spiro atoms. The quantitative estimate of drug-likeness (QED) is 0.777. The van der Waals surface area contributed by atoms with Crippen LogP contribution >= 0.6 is 0 Å². The van der Waals surface area contributed by atoms with Gasteiger partial charge in [0.1, 0.15) is 17.6 Å². The molecule has 1 aromatic carbocycles. The van der Waals surface area contributed by atoms with Gasteiger partial charge in [0.25, 0.3) is 0 Å². The molecule has 16 heavy (non-hydrogen) atoms. The van der Waals surface area contributed by atoms with Crippen molar-refractivity contribution < 1.29 is 14.2 Å². The predicted octanol–water partition coefficient (Wildman–Crippen LogP) is 1.54. The van der Waals surface area contributed by atoms with E-state index in [9.17, 15) is 0 Å². The molecule has 0 aliphatic carbocycles. The second-order valence-corrected chi connectivity index (χ2v) is 3.91. The van der Waals surface area contributed by atoms with Crippen LogP contribution in [0.2, 0.25) is 0 Å². The van der Waals surface area contributed by atoms with E-state index in [1.54, 1.807) is 14.2 Å². The van der Waals surface area contributed by atoms with Gasteiger partial charge in [-0.3, -0.25) is 0 Å². The molecule has 0 saturated heterocycles. The summed E-state index contributed by atoms with van der Waals surface area (Å²) >= 11 is 0. The third kappa shape index (κ3) is 2.07. The van der Waals surface area contributed by atoms with Gasteiger partial charge in [0.05, 0.1) is 25.9 Å². The number of nitrogens with zero attached hydrogens (tertiary/aromatic N) is 1. The first-order chi connectivity index (χ1) is 7.74. The number of likely N-dealkylation sites (N-methyl/N-ethyl adjacent to an activating group) is 1. The van der Waals surface area contributed by atoms with Crippen LogP contribution in [0.25, 0.3) is 0 Å². The van der Waals surface area contributed by atoms with Crippen molar-refractivity contribution in [2.24, 2.45) is 0 Å². The predicted molar refractivity (Wildman–Crippen MR) is 62.6 cm³/mol. The highest BCUT2D eigenvalue weighted by Gasteiger charge is 2.23. The van der Waals surface area contributed by atoms with Gasteiger partial charge in [-0.1, -0.05) is 0 Å². The van der Waals surface area contributed by atoms with Gasteiger partial charge in [0.15, 0.2) is 0 Å². The van der Waals surface area contributed by atoms with E-state index in [0.717, 1.165) is 23.7 Å². The molecule has 1 aromatic rings. The first kappa shape index (κ1) is 11.1. The van der Waals surface area contributed by atoms with Gasteiger partial charge in [0, 0.05) is 20.2 Å². The molecule has 4 heteroatoms. The SMILES string of the molecule is COC[C@@H]1CN(C)c2ccc(OC)cc2O1. The minimum absolute atomic E-state index is 0.0783. The molecule has 1 aliphatic rings. The van der Waals surface area contributed by atoms with E-state index in [4.69, 9.17) is 14.2 Å². The molecular weight excluding hydrogens is 206 g/mol. The summed E-state index contributed by atoms with van der Waals surface area (Å²) in [6.07, 6.45) is 0.0783. The van der Waals surface area contributed by atoms with Crippen molar-refractivity contribution in [3.63, 3.8) is 0 Å². The summed E-state index contributed by atoms with van der Waals surface area (Å²) in [6.45, 7) is 1.44. The Labute approximate surface area is 95.7 Å². The van der Waals surface area contributed by atoms with E-state index < -0.39 is 0 Å². The number of ether oxygens (including phenoxy) is 3.